The van der Waals surface area contributed by atoms with Crippen molar-refractivity contribution in [3.05, 3.63) is 118 Å². The van der Waals surface area contributed by atoms with E-state index < -0.39 is 5.91 Å². The monoisotopic (exact) mass is 660 g/mol. The van der Waals surface area contributed by atoms with Gasteiger partial charge in [0.25, 0.3) is 5.91 Å². The highest BCUT2D eigenvalue weighted by Crippen LogP contribution is 2.25. The van der Waals surface area contributed by atoms with E-state index in [0.717, 1.165) is 30.3 Å². The maximum Gasteiger partial charge on any atom is 0.287 e. The average molecular weight is 661 g/mol. The van der Waals surface area contributed by atoms with Crippen LogP contribution >= 0.6 is 0 Å². The Balaban J connectivity index is 0.000000319. The van der Waals surface area contributed by atoms with Crippen LogP contribution in [0, 0.1) is 6.92 Å². The summed E-state index contributed by atoms with van der Waals surface area (Å²) in [5, 5.41) is 5.55. The van der Waals surface area contributed by atoms with Gasteiger partial charge in [0.05, 0.1) is 19.0 Å². The first kappa shape index (κ1) is 33.3. The van der Waals surface area contributed by atoms with Gasteiger partial charge in [0.2, 0.25) is 11.8 Å². The molecule has 5 aromatic rings. The highest BCUT2D eigenvalue weighted by Gasteiger charge is 2.25. The van der Waals surface area contributed by atoms with Crippen molar-refractivity contribution in [2.24, 2.45) is 0 Å². The summed E-state index contributed by atoms with van der Waals surface area (Å²) >= 11 is 0. The molecule has 2 saturated heterocycles. The lowest BCUT2D eigenvalue weighted by atomic mass is 10.1. The van der Waals surface area contributed by atoms with Crippen LogP contribution in [0.15, 0.2) is 100 Å². The summed E-state index contributed by atoms with van der Waals surface area (Å²) in [6.45, 7) is 5.61. The van der Waals surface area contributed by atoms with Gasteiger partial charge in [0, 0.05) is 63.5 Å². The number of nitrogens with zero attached hydrogens (tertiary/aromatic N) is 3. The highest BCUT2D eigenvalue weighted by atomic mass is 16.5. The fourth-order valence-electron chi connectivity index (χ4n) is 6.26. The molecule has 2 aliphatic heterocycles. The van der Waals surface area contributed by atoms with Gasteiger partial charge in [-0.1, -0.05) is 66.2 Å². The first-order chi connectivity index (χ1) is 23.8. The van der Waals surface area contributed by atoms with Crippen LogP contribution in [0.5, 0.6) is 5.75 Å². The molecule has 49 heavy (non-hydrogen) atoms. The minimum absolute atomic E-state index is 0.165. The predicted octanol–water partition coefficient (Wildman–Crippen LogP) is 5.15. The number of amides is 3. The van der Waals surface area contributed by atoms with Crippen LogP contribution < -0.4 is 20.4 Å². The third-order valence-corrected chi connectivity index (χ3v) is 8.96. The standard InChI is InChI=1S/C28H30N4O6.C11H10/c1-37-20-8-9-21-23(33)16-25(38-24(21)15-20)28(36)29-17-27(35)31-13-11-30(12-14-31)22-6-3-2-5-19(22)18-32-10-4-7-26(32)34;1-9-6-7-10-4-2-3-5-11(10)8-9/h2-3,5-6,8-9,15-16H,4,7,10-14,17-18H2,1H3,(H,29,36);2-8H,1H3. The van der Waals surface area contributed by atoms with Gasteiger partial charge < -0.3 is 29.2 Å². The van der Waals surface area contributed by atoms with Gasteiger partial charge in [0.15, 0.2) is 11.2 Å². The van der Waals surface area contributed by atoms with E-state index in [1.54, 1.807) is 23.1 Å². The molecule has 0 atom stereocenters. The lowest BCUT2D eigenvalue weighted by molar-refractivity contribution is -0.130. The van der Waals surface area contributed by atoms with E-state index in [0.29, 0.717) is 50.3 Å². The Labute approximate surface area is 284 Å². The van der Waals surface area contributed by atoms with Crippen molar-refractivity contribution in [2.75, 3.05) is 51.3 Å². The second-order valence-electron chi connectivity index (χ2n) is 12.3. The van der Waals surface area contributed by atoms with E-state index in [9.17, 15) is 19.2 Å². The molecule has 4 aromatic carbocycles. The van der Waals surface area contributed by atoms with Gasteiger partial charge in [-0.05, 0) is 47.9 Å². The van der Waals surface area contributed by atoms with Gasteiger partial charge in [-0.25, -0.2) is 0 Å². The van der Waals surface area contributed by atoms with E-state index in [4.69, 9.17) is 9.15 Å². The molecular weight excluding hydrogens is 620 g/mol. The Hall–Kier alpha value is -5.64. The number of methoxy groups -OCH3 is 1. The smallest absolute Gasteiger partial charge is 0.287 e. The van der Waals surface area contributed by atoms with Crippen LogP contribution in [0.1, 0.15) is 34.5 Å². The molecule has 10 heteroatoms. The zero-order valence-electron chi connectivity index (χ0n) is 27.8. The van der Waals surface area contributed by atoms with Crippen LogP contribution in [0.3, 0.4) is 0 Å². The molecule has 3 amide bonds. The fourth-order valence-corrected chi connectivity index (χ4v) is 6.26. The second-order valence-corrected chi connectivity index (χ2v) is 12.3. The minimum Gasteiger partial charge on any atom is -0.497 e. The molecular formula is C39H40N4O6. The number of carbonyl (C=O) groups is 3. The zero-order valence-corrected chi connectivity index (χ0v) is 27.8. The maximum atomic E-state index is 12.8. The largest absolute Gasteiger partial charge is 0.497 e. The number of benzene rings is 4. The highest BCUT2D eigenvalue weighted by molar-refractivity contribution is 5.95. The number of anilines is 1. The number of piperazine rings is 1. The molecule has 0 radical (unpaired) electrons. The molecule has 252 valence electrons. The third kappa shape index (κ3) is 7.92. The number of rotatable bonds is 7. The number of aryl methyl sites for hydroxylation is 1. The number of hydrogen-bond acceptors (Lipinski definition) is 7. The van der Waals surface area contributed by atoms with Gasteiger partial charge in [-0.2, -0.15) is 0 Å². The third-order valence-electron chi connectivity index (χ3n) is 8.96. The first-order valence-corrected chi connectivity index (χ1v) is 16.5. The van der Waals surface area contributed by atoms with Crippen molar-refractivity contribution in [3.63, 3.8) is 0 Å². The summed E-state index contributed by atoms with van der Waals surface area (Å²) < 4.78 is 10.8. The van der Waals surface area contributed by atoms with E-state index in [2.05, 4.69) is 71.7 Å². The summed E-state index contributed by atoms with van der Waals surface area (Å²) in [7, 11) is 1.50. The lowest BCUT2D eigenvalue weighted by Gasteiger charge is -2.37. The summed E-state index contributed by atoms with van der Waals surface area (Å²) in [6.07, 6.45) is 1.52. The molecule has 7 rings (SSSR count). The number of ether oxygens (including phenoxy) is 1. The van der Waals surface area contributed by atoms with Gasteiger partial charge in [-0.15, -0.1) is 0 Å². The molecule has 1 aromatic heterocycles. The van der Waals surface area contributed by atoms with Gasteiger partial charge in [-0.3, -0.25) is 19.2 Å². The van der Waals surface area contributed by atoms with Crippen molar-refractivity contribution in [1.29, 1.82) is 0 Å². The molecule has 0 aliphatic carbocycles. The molecule has 2 aliphatic rings. The topological polar surface area (TPSA) is 112 Å². The lowest BCUT2D eigenvalue weighted by Crippen LogP contribution is -2.51. The molecule has 0 spiro atoms. The van der Waals surface area contributed by atoms with Gasteiger partial charge >= 0.3 is 0 Å². The predicted molar refractivity (Wildman–Crippen MR) is 190 cm³/mol. The van der Waals surface area contributed by atoms with Crippen molar-refractivity contribution >= 4 is 45.2 Å². The van der Waals surface area contributed by atoms with E-state index in [1.165, 1.54) is 23.4 Å². The summed E-state index contributed by atoms with van der Waals surface area (Å²) in [5.41, 5.74) is 3.39. The summed E-state index contributed by atoms with van der Waals surface area (Å²) in [5.74, 6) is -0.316. The average Bonchev–Trinajstić information content (AvgIpc) is 3.54. The number of carbonyl (C=O) groups excluding carboxylic acids is 3. The quantitative estimate of drug-likeness (QED) is 0.257. The van der Waals surface area contributed by atoms with E-state index >= 15 is 0 Å². The number of para-hydroxylation sites is 1. The number of hydrogen-bond donors (Lipinski definition) is 1. The Morgan fingerprint density at radius 2 is 1.59 bits per heavy atom. The van der Waals surface area contributed by atoms with Crippen LogP contribution in [0.4, 0.5) is 5.69 Å². The first-order valence-electron chi connectivity index (χ1n) is 16.5. The molecule has 0 saturated carbocycles. The molecule has 2 fully saturated rings. The minimum atomic E-state index is -0.635. The van der Waals surface area contributed by atoms with Crippen molar-refractivity contribution in [3.8, 4) is 5.75 Å². The second kappa shape index (κ2) is 15.1. The Kier molecular flexibility index (Phi) is 10.2. The normalized spacial score (nSPS) is 14.5. The Morgan fingerprint density at radius 1 is 0.837 bits per heavy atom. The van der Waals surface area contributed by atoms with Crippen molar-refractivity contribution < 1.29 is 23.5 Å². The van der Waals surface area contributed by atoms with Gasteiger partial charge in [0.1, 0.15) is 11.3 Å². The zero-order chi connectivity index (χ0) is 34.3. The number of nitrogens with one attached hydrogen (secondary N) is 1. The fraction of sp³-hybridized carbons (Fsp3) is 0.282. The number of fused-ring (bicyclic) bond motifs is 2. The number of likely N-dealkylation sites (tertiary alicyclic amines) is 1. The SMILES string of the molecule is COc1ccc2c(=O)cc(C(=O)NCC(=O)N3CCN(c4ccccc4CN4CCCC4=O)CC3)oc2c1.Cc1ccc2ccccc2c1. The summed E-state index contributed by atoms with van der Waals surface area (Å²) in [4.78, 5) is 55.8. The van der Waals surface area contributed by atoms with E-state index in [1.807, 2.05) is 17.0 Å². The molecule has 3 heterocycles. The van der Waals surface area contributed by atoms with Crippen LogP contribution in [0.25, 0.3) is 21.7 Å². The maximum absolute atomic E-state index is 12.8. The Morgan fingerprint density at radius 3 is 2.35 bits per heavy atom. The van der Waals surface area contributed by atoms with Crippen LogP contribution in [-0.4, -0.2) is 73.9 Å². The Bertz CT molecular complexity index is 2050. The molecule has 10 nitrogen and oxygen atoms in total. The van der Waals surface area contributed by atoms with Crippen LogP contribution in [-0.2, 0) is 16.1 Å². The molecule has 0 unspecified atom stereocenters. The molecule has 0 bridgehead atoms. The van der Waals surface area contributed by atoms with Crippen molar-refractivity contribution in [2.45, 2.75) is 26.3 Å². The van der Waals surface area contributed by atoms with Crippen LogP contribution in [0.2, 0.25) is 0 Å². The summed E-state index contributed by atoms with van der Waals surface area (Å²) in [6, 6.07) is 28.9. The molecule has 1 N–H and O–H groups in total. The van der Waals surface area contributed by atoms with Crippen molar-refractivity contribution in [1.82, 2.24) is 15.1 Å². The van der Waals surface area contributed by atoms with E-state index in [-0.39, 0.29) is 35.1 Å².